The molecule has 3 rings (SSSR count). The number of rotatable bonds is 6. The Balaban J connectivity index is 1.80. The zero-order valence-electron chi connectivity index (χ0n) is 19.1. The molecule has 1 aromatic carbocycles. The van der Waals surface area contributed by atoms with E-state index in [9.17, 15) is 31.5 Å². The second kappa shape index (κ2) is 10.6. The summed E-state index contributed by atoms with van der Waals surface area (Å²) in [4.78, 5) is 26.4. The molecule has 1 amide bonds. The van der Waals surface area contributed by atoms with Gasteiger partial charge in [0.05, 0.1) is 29.7 Å². The molecule has 0 unspecified atom stereocenters. The Kier molecular flexibility index (Phi) is 7.93. The first kappa shape index (κ1) is 27.0. The number of methoxy groups -OCH3 is 1. The van der Waals surface area contributed by atoms with Crippen LogP contribution in [0.5, 0.6) is 0 Å². The molecule has 8 nitrogen and oxygen atoms in total. The maximum atomic E-state index is 13.9. The van der Waals surface area contributed by atoms with Crippen LogP contribution in [0.4, 0.5) is 32.8 Å². The lowest BCUT2D eigenvalue weighted by molar-refractivity contribution is 0.0601. The number of nitrogens with zero attached hydrogens (tertiary/aromatic N) is 3. The van der Waals surface area contributed by atoms with Crippen molar-refractivity contribution in [3.63, 3.8) is 0 Å². The lowest BCUT2D eigenvalue weighted by Gasteiger charge is -2.10. The summed E-state index contributed by atoms with van der Waals surface area (Å²) in [7, 11) is 4.30. The van der Waals surface area contributed by atoms with Crippen molar-refractivity contribution in [2.45, 2.75) is 13.5 Å². The van der Waals surface area contributed by atoms with Crippen molar-refractivity contribution in [1.82, 2.24) is 14.7 Å². The third-order valence-corrected chi connectivity index (χ3v) is 6.27. The molecule has 0 aliphatic carbocycles. The third kappa shape index (κ3) is 5.16. The maximum absolute atomic E-state index is 13.9. The van der Waals surface area contributed by atoms with Gasteiger partial charge in [-0.25, -0.2) is 26.7 Å². The van der Waals surface area contributed by atoms with E-state index in [0.29, 0.717) is 5.56 Å². The fourth-order valence-corrected chi connectivity index (χ4v) is 4.57. The Labute approximate surface area is 210 Å². The number of nitrogens with one attached hydrogen (secondary N) is 2. The Hall–Kier alpha value is -3.59. The lowest BCUT2D eigenvalue weighted by atomic mass is 10.1. The zero-order chi connectivity index (χ0) is 26.9. The summed E-state index contributed by atoms with van der Waals surface area (Å²) < 4.78 is 73.8. The van der Waals surface area contributed by atoms with Gasteiger partial charge in [0.15, 0.2) is 34.2 Å². The molecule has 0 bridgehead atoms. The predicted octanol–water partition coefficient (Wildman–Crippen LogP) is 4.29. The van der Waals surface area contributed by atoms with Crippen molar-refractivity contribution in [3.05, 3.63) is 62.9 Å². The summed E-state index contributed by atoms with van der Waals surface area (Å²) in [5.74, 6) is -11.2. The molecule has 0 radical (unpaired) electrons. The van der Waals surface area contributed by atoms with Gasteiger partial charge in [0.2, 0.25) is 5.82 Å². The number of carbonyl (C=O) groups excluding carboxylic acids is 2. The number of thiocarbonyl (C=S) groups is 1. The standard InChI is InChI=1S/C21H18F5N5O3S2/c1-8-11(20(33)34-4)18(36-17(8)19(32)30(2)3)28-21(35)27-10-5-6-31(29-10)7-9-12(22)14(24)16(26)15(25)13(9)23/h5-6H,7H2,1-4H3,(H2,27,28,29,35). The molecule has 0 aliphatic rings. The van der Waals surface area contributed by atoms with Gasteiger partial charge in [0.1, 0.15) is 5.00 Å². The number of ether oxygens (including phenoxy) is 1. The van der Waals surface area contributed by atoms with Gasteiger partial charge < -0.3 is 20.3 Å². The number of aromatic nitrogens is 2. The Morgan fingerprint density at radius 1 is 1.08 bits per heavy atom. The number of carbonyl (C=O) groups is 2. The molecule has 0 spiro atoms. The lowest BCUT2D eigenvalue weighted by Crippen LogP contribution is -2.21. The highest BCUT2D eigenvalue weighted by atomic mass is 32.1. The second-order valence-electron chi connectivity index (χ2n) is 7.48. The fourth-order valence-electron chi connectivity index (χ4n) is 3.07. The number of benzene rings is 1. The highest BCUT2D eigenvalue weighted by molar-refractivity contribution is 7.80. The molecular formula is C21H18F5N5O3S2. The molecule has 3 aromatic rings. The fraction of sp³-hybridized carbons (Fsp3) is 0.238. The van der Waals surface area contributed by atoms with Crippen molar-refractivity contribution >= 4 is 51.4 Å². The van der Waals surface area contributed by atoms with Crippen LogP contribution in [0.3, 0.4) is 0 Å². The van der Waals surface area contributed by atoms with E-state index in [0.717, 1.165) is 16.0 Å². The summed E-state index contributed by atoms with van der Waals surface area (Å²) in [6.07, 6.45) is 1.23. The topological polar surface area (TPSA) is 88.5 Å². The molecule has 0 atom stereocenters. The second-order valence-corrected chi connectivity index (χ2v) is 8.91. The van der Waals surface area contributed by atoms with Gasteiger partial charge in [-0.15, -0.1) is 11.3 Å². The van der Waals surface area contributed by atoms with Gasteiger partial charge in [-0.1, -0.05) is 0 Å². The van der Waals surface area contributed by atoms with Crippen LogP contribution in [0.25, 0.3) is 0 Å². The van der Waals surface area contributed by atoms with Gasteiger partial charge >= 0.3 is 5.97 Å². The molecule has 36 heavy (non-hydrogen) atoms. The van der Waals surface area contributed by atoms with E-state index >= 15 is 0 Å². The average molecular weight is 548 g/mol. The minimum atomic E-state index is -2.25. The minimum Gasteiger partial charge on any atom is -0.465 e. The highest BCUT2D eigenvalue weighted by Crippen LogP contribution is 2.34. The third-order valence-electron chi connectivity index (χ3n) is 4.87. The maximum Gasteiger partial charge on any atom is 0.341 e. The summed E-state index contributed by atoms with van der Waals surface area (Å²) in [5.41, 5.74) is -0.562. The van der Waals surface area contributed by atoms with Crippen LogP contribution in [0.2, 0.25) is 0 Å². The van der Waals surface area contributed by atoms with Crippen molar-refractivity contribution < 1.29 is 36.3 Å². The van der Waals surface area contributed by atoms with Crippen LogP contribution in [0.1, 0.15) is 31.2 Å². The van der Waals surface area contributed by atoms with Crippen LogP contribution < -0.4 is 10.6 Å². The van der Waals surface area contributed by atoms with E-state index in [1.165, 1.54) is 24.3 Å². The van der Waals surface area contributed by atoms with Crippen molar-refractivity contribution in [2.75, 3.05) is 31.8 Å². The first-order valence-electron chi connectivity index (χ1n) is 9.92. The number of halogens is 5. The van der Waals surface area contributed by atoms with E-state index in [-0.39, 0.29) is 32.3 Å². The van der Waals surface area contributed by atoms with E-state index in [1.54, 1.807) is 21.0 Å². The van der Waals surface area contributed by atoms with Crippen molar-refractivity contribution in [3.8, 4) is 0 Å². The number of hydrogen-bond donors (Lipinski definition) is 2. The molecule has 192 valence electrons. The van der Waals surface area contributed by atoms with Crippen LogP contribution in [0.15, 0.2) is 12.3 Å². The van der Waals surface area contributed by atoms with E-state index < -0.39 is 47.2 Å². The van der Waals surface area contributed by atoms with Crippen LogP contribution in [0, 0.1) is 36.0 Å². The molecule has 2 N–H and O–H groups in total. The first-order valence-corrected chi connectivity index (χ1v) is 11.1. The zero-order valence-corrected chi connectivity index (χ0v) is 20.8. The first-order chi connectivity index (χ1) is 16.9. The normalized spacial score (nSPS) is 10.8. The highest BCUT2D eigenvalue weighted by Gasteiger charge is 2.27. The van der Waals surface area contributed by atoms with E-state index in [2.05, 4.69) is 15.7 Å². The smallest absolute Gasteiger partial charge is 0.341 e. The van der Waals surface area contributed by atoms with Gasteiger partial charge in [-0.3, -0.25) is 9.48 Å². The number of thiophene rings is 1. The Bertz CT molecular complexity index is 1340. The molecular weight excluding hydrogens is 529 g/mol. The summed E-state index contributed by atoms with van der Waals surface area (Å²) in [6, 6.07) is 1.34. The average Bonchev–Trinajstić information content (AvgIpc) is 3.41. The number of esters is 1. The quantitative estimate of drug-likeness (QED) is 0.157. The van der Waals surface area contributed by atoms with Gasteiger partial charge in [-0.05, 0) is 24.7 Å². The monoisotopic (exact) mass is 547 g/mol. The largest absolute Gasteiger partial charge is 0.465 e. The number of anilines is 2. The molecule has 0 aliphatic heterocycles. The molecule has 0 fully saturated rings. The summed E-state index contributed by atoms with van der Waals surface area (Å²) in [5, 5.41) is 9.58. The van der Waals surface area contributed by atoms with E-state index in [1.807, 2.05) is 0 Å². The van der Waals surface area contributed by atoms with Crippen LogP contribution in [-0.4, -0.2) is 52.9 Å². The molecule has 0 saturated carbocycles. The van der Waals surface area contributed by atoms with Gasteiger partial charge in [0, 0.05) is 26.4 Å². The van der Waals surface area contributed by atoms with Crippen LogP contribution in [-0.2, 0) is 11.3 Å². The number of hydrogen-bond acceptors (Lipinski definition) is 6. The molecule has 2 heterocycles. The Morgan fingerprint density at radius 3 is 2.22 bits per heavy atom. The predicted molar refractivity (Wildman–Crippen MR) is 126 cm³/mol. The van der Waals surface area contributed by atoms with Gasteiger partial charge in [-0.2, -0.15) is 5.10 Å². The van der Waals surface area contributed by atoms with E-state index in [4.69, 9.17) is 17.0 Å². The Morgan fingerprint density at radius 2 is 1.67 bits per heavy atom. The number of amides is 1. The molecule has 0 saturated heterocycles. The van der Waals surface area contributed by atoms with Crippen LogP contribution >= 0.6 is 23.6 Å². The summed E-state index contributed by atoms with van der Waals surface area (Å²) in [6.45, 7) is 0.836. The SMILES string of the molecule is COC(=O)c1c(NC(=S)Nc2ccn(Cc3c(F)c(F)c(F)c(F)c3F)n2)sc(C(=O)N(C)C)c1C. The minimum absolute atomic E-state index is 0.0632. The van der Waals surface area contributed by atoms with Gasteiger partial charge in [0.25, 0.3) is 5.91 Å². The summed E-state index contributed by atoms with van der Waals surface area (Å²) >= 11 is 6.20. The van der Waals surface area contributed by atoms with Crippen molar-refractivity contribution in [2.24, 2.45) is 0 Å². The van der Waals surface area contributed by atoms with Crippen molar-refractivity contribution in [1.29, 1.82) is 0 Å². The molecule has 15 heteroatoms. The molecule has 2 aromatic heterocycles.